The van der Waals surface area contributed by atoms with Crippen molar-refractivity contribution in [3.63, 3.8) is 0 Å². The Bertz CT molecular complexity index is 834. The van der Waals surface area contributed by atoms with Crippen molar-refractivity contribution < 1.29 is 9.59 Å². The molecule has 0 saturated heterocycles. The van der Waals surface area contributed by atoms with E-state index < -0.39 is 5.41 Å². The van der Waals surface area contributed by atoms with Crippen molar-refractivity contribution in [2.75, 3.05) is 10.6 Å². The standard InChI is InChI=1S/C21H23ClN2O2/c1-20(2,3)16-6-4-5-7-17(16)24-19(26)21(12-13-21)18(25)23-15-10-8-14(22)9-11-15/h4-11H,12-13H2,1-3H3,(H,23,25)(H,24,26). The molecule has 4 nitrogen and oxygen atoms in total. The van der Waals surface area contributed by atoms with E-state index in [4.69, 9.17) is 11.6 Å². The van der Waals surface area contributed by atoms with E-state index in [1.54, 1.807) is 24.3 Å². The Labute approximate surface area is 158 Å². The molecule has 1 saturated carbocycles. The number of carbonyl (C=O) groups is 2. The molecule has 5 heteroatoms. The summed E-state index contributed by atoms with van der Waals surface area (Å²) < 4.78 is 0. The molecule has 0 unspecified atom stereocenters. The molecule has 0 bridgehead atoms. The van der Waals surface area contributed by atoms with Gasteiger partial charge >= 0.3 is 0 Å². The van der Waals surface area contributed by atoms with Crippen LogP contribution in [-0.2, 0) is 15.0 Å². The molecule has 1 aliphatic carbocycles. The van der Waals surface area contributed by atoms with E-state index in [2.05, 4.69) is 31.4 Å². The van der Waals surface area contributed by atoms with Gasteiger partial charge in [0, 0.05) is 16.4 Å². The van der Waals surface area contributed by atoms with Crippen LogP contribution in [0.15, 0.2) is 48.5 Å². The second-order valence-corrected chi connectivity index (χ2v) is 8.23. The number of carbonyl (C=O) groups excluding carboxylic acids is 2. The summed E-state index contributed by atoms with van der Waals surface area (Å²) in [6.07, 6.45) is 1.10. The van der Waals surface area contributed by atoms with Gasteiger partial charge in [0.1, 0.15) is 5.41 Å². The van der Waals surface area contributed by atoms with Crippen LogP contribution in [0.4, 0.5) is 11.4 Å². The van der Waals surface area contributed by atoms with Crippen molar-refractivity contribution in [2.45, 2.75) is 39.0 Å². The second-order valence-electron chi connectivity index (χ2n) is 7.79. The van der Waals surface area contributed by atoms with E-state index in [9.17, 15) is 9.59 Å². The topological polar surface area (TPSA) is 58.2 Å². The lowest BCUT2D eigenvalue weighted by atomic mass is 9.85. The molecule has 0 aliphatic heterocycles. The molecule has 3 rings (SSSR count). The fourth-order valence-electron chi connectivity index (χ4n) is 2.95. The highest BCUT2D eigenvalue weighted by Crippen LogP contribution is 2.48. The third-order valence-corrected chi connectivity index (χ3v) is 4.96. The summed E-state index contributed by atoms with van der Waals surface area (Å²) in [6, 6.07) is 14.6. The number of nitrogens with one attached hydrogen (secondary N) is 2. The molecule has 0 spiro atoms. The van der Waals surface area contributed by atoms with E-state index in [0.29, 0.717) is 23.6 Å². The Morgan fingerprint density at radius 3 is 2.08 bits per heavy atom. The minimum absolute atomic E-state index is 0.105. The number of benzene rings is 2. The van der Waals surface area contributed by atoms with Gasteiger partial charge in [-0.2, -0.15) is 0 Å². The number of hydrogen-bond donors (Lipinski definition) is 2. The van der Waals surface area contributed by atoms with Gasteiger partial charge in [-0.1, -0.05) is 50.6 Å². The van der Waals surface area contributed by atoms with E-state index >= 15 is 0 Å². The largest absolute Gasteiger partial charge is 0.325 e. The van der Waals surface area contributed by atoms with Crippen LogP contribution in [0, 0.1) is 5.41 Å². The monoisotopic (exact) mass is 370 g/mol. The summed E-state index contributed by atoms with van der Waals surface area (Å²) in [4.78, 5) is 25.6. The smallest absolute Gasteiger partial charge is 0.240 e. The van der Waals surface area contributed by atoms with Gasteiger partial charge in [-0.25, -0.2) is 0 Å². The van der Waals surface area contributed by atoms with Crippen molar-refractivity contribution in [1.29, 1.82) is 0 Å². The van der Waals surface area contributed by atoms with Crippen LogP contribution in [0.1, 0.15) is 39.2 Å². The van der Waals surface area contributed by atoms with Crippen LogP contribution in [0.25, 0.3) is 0 Å². The lowest BCUT2D eigenvalue weighted by Gasteiger charge is -2.24. The van der Waals surface area contributed by atoms with Crippen LogP contribution in [0.3, 0.4) is 0 Å². The number of anilines is 2. The molecular formula is C21H23ClN2O2. The zero-order valence-corrected chi connectivity index (χ0v) is 16.0. The van der Waals surface area contributed by atoms with E-state index in [-0.39, 0.29) is 17.2 Å². The normalized spacial score (nSPS) is 15.2. The first-order valence-electron chi connectivity index (χ1n) is 8.70. The highest BCUT2D eigenvalue weighted by atomic mass is 35.5. The third-order valence-electron chi connectivity index (χ3n) is 4.70. The number of halogens is 1. The van der Waals surface area contributed by atoms with Crippen LogP contribution in [-0.4, -0.2) is 11.8 Å². The van der Waals surface area contributed by atoms with Gasteiger partial charge < -0.3 is 10.6 Å². The van der Waals surface area contributed by atoms with Crippen LogP contribution >= 0.6 is 11.6 Å². The summed E-state index contributed by atoms with van der Waals surface area (Å²) in [7, 11) is 0. The van der Waals surface area contributed by atoms with Gasteiger partial charge in [0.25, 0.3) is 0 Å². The SMILES string of the molecule is CC(C)(C)c1ccccc1NC(=O)C1(C(=O)Nc2ccc(Cl)cc2)CC1. The fraction of sp³-hybridized carbons (Fsp3) is 0.333. The van der Waals surface area contributed by atoms with E-state index in [0.717, 1.165) is 11.3 Å². The molecule has 0 heterocycles. The first-order valence-corrected chi connectivity index (χ1v) is 9.08. The second kappa shape index (κ2) is 6.76. The Morgan fingerprint density at radius 1 is 0.923 bits per heavy atom. The van der Waals surface area contributed by atoms with E-state index in [1.807, 2.05) is 24.3 Å². The summed E-state index contributed by atoms with van der Waals surface area (Å²) in [6.45, 7) is 6.29. The maximum atomic E-state index is 12.9. The molecule has 1 aliphatic rings. The molecule has 136 valence electrons. The van der Waals surface area contributed by atoms with Crippen LogP contribution in [0.5, 0.6) is 0 Å². The van der Waals surface area contributed by atoms with Crippen LogP contribution < -0.4 is 10.6 Å². The van der Waals surface area contributed by atoms with Crippen molar-refractivity contribution in [3.05, 3.63) is 59.1 Å². The number of amides is 2. The van der Waals surface area contributed by atoms with Crippen molar-refractivity contribution >= 4 is 34.8 Å². The third kappa shape index (κ3) is 3.75. The van der Waals surface area contributed by atoms with Crippen LogP contribution in [0.2, 0.25) is 5.02 Å². The molecular weight excluding hydrogens is 348 g/mol. The Hall–Kier alpha value is -2.33. The zero-order chi connectivity index (χ0) is 18.9. The molecule has 2 N–H and O–H groups in total. The quantitative estimate of drug-likeness (QED) is 0.744. The fourth-order valence-corrected chi connectivity index (χ4v) is 3.08. The van der Waals surface area contributed by atoms with Gasteiger partial charge in [-0.05, 0) is 54.2 Å². The maximum absolute atomic E-state index is 12.9. The molecule has 2 aromatic rings. The molecule has 26 heavy (non-hydrogen) atoms. The van der Waals surface area contributed by atoms with Gasteiger partial charge in [0.2, 0.25) is 11.8 Å². The number of rotatable bonds is 4. The lowest BCUT2D eigenvalue weighted by molar-refractivity contribution is -0.131. The molecule has 2 aromatic carbocycles. The highest BCUT2D eigenvalue weighted by molar-refractivity contribution is 6.30. The predicted octanol–water partition coefficient (Wildman–Crippen LogP) is 4.99. The van der Waals surface area contributed by atoms with Gasteiger partial charge in [0.05, 0.1) is 0 Å². The minimum Gasteiger partial charge on any atom is -0.325 e. The van der Waals surface area contributed by atoms with Gasteiger partial charge in [-0.3, -0.25) is 9.59 Å². The Morgan fingerprint density at radius 2 is 1.50 bits per heavy atom. The minimum atomic E-state index is -0.995. The van der Waals surface area contributed by atoms with Crippen molar-refractivity contribution in [2.24, 2.45) is 5.41 Å². The molecule has 0 atom stereocenters. The summed E-state index contributed by atoms with van der Waals surface area (Å²) in [5, 5.41) is 6.40. The highest BCUT2D eigenvalue weighted by Gasteiger charge is 2.56. The average Bonchev–Trinajstić information content (AvgIpc) is 3.38. The number of para-hydroxylation sites is 1. The summed E-state index contributed by atoms with van der Waals surface area (Å²) >= 11 is 5.87. The van der Waals surface area contributed by atoms with Gasteiger partial charge in [0.15, 0.2) is 0 Å². The molecule has 0 radical (unpaired) electrons. The van der Waals surface area contributed by atoms with E-state index in [1.165, 1.54) is 0 Å². The Kier molecular flexibility index (Phi) is 4.80. The summed E-state index contributed by atoms with van der Waals surface area (Å²) in [5.74, 6) is -0.522. The lowest BCUT2D eigenvalue weighted by Crippen LogP contribution is -2.36. The molecule has 2 amide bonds. The Balaban J connectivity index is 1.76. The maximum Gasteiger partial charge on any atom is 0.240 e. The van der Waals surface area contributed by atoms with Crippen molar-refractivity contribution in [3.8, 4) is 0 Å². The average molecular weight is 371 g/mol. The summed E-state index contributed by atoms with van der Waals surface area (Å²) in [5.41, 5.74) is 1.34. The van der Waals surface area contributed by atoms with Crippen molar-refractivity contribution in [1.82, 2.24) is 0 Å². The number of hydrogen-bond acceptors (Lipinski definition) is 2. The molecule has 0 aromatic heterocycles. The predicted molar refractivity (Wildman–Crippen MR) is 106 cm³/mol. The zero-order valence-electron chi connectivity index (χ0n) is 15.2. The first-order chi connectivity index (χ1) is 12.2. The molecule has 1 fully saturated rings. The first kappa shape index (κ1) is 18.5. The van der Waals surface area contributed by atoms with Gasteiger partial charge in [-0.15, -0.1) is 0 Å².